The molecule has 2 saturated heterocycles. The van der Waals surface area contributed by atoms with E-state index in [4.69, 9.17) is 23.2 Å². The fourth-order valence-electron chi connectivity index (χ4n) is 6.99. The molecule has 0 aliphatic carbocycles. The maximum absolute atomic E-state index is 12.8. The lowest BCUT2D eigenvalue weighted by molar-refractivity contribution is -0.133. The zero-order valence-corrected chi connectivity index (χ0v) is 36.1. The SMILES string of the molecule is Cc1cc(N2CCN(C(=O)Cn3ncc4c(I)ccnc43)CC2)ccc1Cl.Cc1cc(N2CCN(C(=O)Cn3ncc4c(S(C)(=O)=O)ccnc43)CC2)ccc1Cl. The van der Waals surface area contributed by atoms with Gasteiger partial charge in [-0.25, -0.2) is 27.7 Å². The predicted octanol–water partition coefficient (Wildman–Crippen LogP) is 5.49. The van der Waals surface area contributed by atoms with E-state index in [0.29, 0.717) is 37.2 Å². The van der Waals surface area contributed by atoms with E-state index in [1.54, 1.807) is 22.0 Å². The topological polar surface area (TPSA) is 143 Å². The number of aromatic nitrogens is 6. The Hall–Kier alpha value is -4.52. The summed E-state index contributed by atoms with van der Waals surface area (Å²) in [5, 5.41) is 11.5. The number of benzene rings is 2. The van der Waals surface area contributed by atoms with Crippen LogP contribution in [0.25, 0.3) is 22.1 Å². The lowest BCUT2D eigenvalue weighted by atomic mass is 10.2. The van der Waals surface area contributed by atoms with Gasteiger partial charge in [0.1, 0.15) is 13.1 Å². The Labute approximate surface area is 354 Å². The van der Waals surface area contributed by atoms with E-state index in [0.717, 1.165) is 79.6 Å². The van der Waals surface area contributed by atoms with E-state index in [-0.39, 0.29) is 29.8 Å². The second kappa shape index (κ2) is 17.1. The molecule has 0 atom stereocenters. The van der Waals surface area contributed by atoms with Crippen molar-refractivity contribution in [2.45, 2.75) is 31.8 Å². The first-order valence-corrected chi connectivity index (χ1v) is 22.0. The van der Waals surface area contributed by atoms with E-state index in [1.165, 1.54) is 23.1 Å². The minimum absolute atomic E-state index is 0.0176. The zero-order chi connectivity index (χ0) is 40.4. The van der Waals surface area contributed by atoms with Crippen molar-refractivity contribution < 1.29 is 18.0 Å². The third-order valence-corrected chi connectivity index (χ3v) is 13.2. The number of carbonyl (C=O) groups is 2. The molecule has 2 aromatic carbocycles. The summed E-state index contributed by atoms with van der Waals surface area (Å²) in [6.45, 7) is 9.88. The van der Waals surface area contributed by atoms with Gasteiger partial charge >= 0.3 is 0 Å². The highest BCUT2D eigenvalue weighted by atomic mass is 127. The molecule has 14 nitrogen and oxygen atoms in total. The van der Waals surface area contributed by atoms with Crippen molar-refractivity contribution in [3.8, 4) is 0 Å². The molecule has 57 heavy (non-hydrogen) atoms. The molecule has 2 amide bonds. The molecule has 2 aliphatic heterocycles. The number of piperazine rings is 2. The number of hydrogen-bond donors (Lipinski definition) is 0. The summed E-state index contributed by atoms with van der Waals surface area (Å²) in [5.41, 5.74) is 5.49. The fraction of sp³-hybridized carbons (Fsp3) is 0.333. The summed E-state index contributed by atoms with van der Waals surface area (Å²) in [7, 11) is -3.41. The number of aryl methyl sites for hydroxylation is 2. The standard InChI is InChI=1S/C20H22ClN5O3S.C19H19ClIN5O/c1-14-11-15(3-4-17(14)21)24-7-9-25(10-8-24)19(27)13-26-20-16(12-23-26)18(5-6-22-20)30(2,28)29;1-13-10-14(2-3-16(13)20)24-6-8-25(9-7-24)18(27)12-26-19-15(11-23-26)17(21)4-5-22-19/h3-6,11-12H,7-10,13H2,1-2H3;2-5,10-11H,6-9,12H2,1H3. The van der Waals surface area contributed by atoms with Crippen LogP contribution in [0.4, 0.5) is 11.4 Å². The Balaban J connectivity index is 0.000000175. The quantitative estimate of drug-likeness (QED) is 0.189. The number of pyridine rings is 2. The van der Waals surface area contributed by atoms with Gasteiger partial charge in [-0.05, 0) is 96.1 Å². The van der Waals surface area contributed by atoms with Crippen molar-refractivity contribution in [3.05, 3.63) is 98.1 Å². The largest absolute Gasteiger partial charge is 0.368 e. The summed E-state index contributed by atoms with van der Waals surface area (Å²) < 4.78 is 28.2. The normalized spacial score (nSPS) is 14.9. The van der Waals surface area contributed by atoms with Gasteiger partial charge in [0.05, 0.1) is 28.1 Å². The van der Waals surface area contributed by atoms with Gasteiger partial charge in [0.15, 0.2) is 21.1 Å². The van der Waals surface area contributed by atoms with Crippen LogP contribution in [0.2, 0.25) is 10.0 Å². The van der Waals surface area contributed by atoms with Gasteiger partial charge in [0, 0.05) is 96.0 Å². The molecule has 18 heteroatoms. The first kappa shape index (κ1) is 40.7. The zero-order valence-electron chi connectivity index (χ0n) is 31.6. The van der Waals surface area contributed by atoms with Crippen molar-refractivity contribution in [2.24, 2.45) is 0 Å². The number of hydrogen-bond acceptors (Lipinski definition) is 10. The first-order chi connectivity index (χ1) is 27.3. The molecule has 0 unspecified atom stereocenters. The monoisotopic (exact) mass is 942 g/mol. The lowest BCUT2D eigenvalue weighted by Gasteiger charge is -2.36. The molecule has 0 spiro atoms. The van der Waals surface area contributed by atoms with E-state index in [2.05, 4.69) is 64.7 Å². The summed E-state index contributed by atoms with van der Waals surface area (Å²) in [6, 6.07) is 15.4. The lowest BCUT2D eigenvalue weighted by Crippen LogP contribution is -2.49. The number of carbonyl (C=O) groups excluding carboxylic acids is 2. The van der Waals surface area contributed by atoms with Gasteiger partial charge in [-0.1, -0.05) is 23.2 Å². The van der Waals surface area contributed by atoms with Crippen LogP contribution in [0.3, 0.4) is 0 Å². The molecule has 2 fully saturated rings. The molecule has 0 saturated carbocycles. The van der Waals surface area contributed by atoms with Gasteiger partial charge < -0.3 is 19.6 Å². The van der Waals surface area contributed by atoms with Crippen LogP contribution in [0.1, 0.15) is 11.1 Å². The second-order valence-electron chi connectivity index (χ2n) is 14.1. The molecule has 0 radical (unpaired) electrons. The molecule has 2 aliphatic rings. The number of anilines is 2. The number of rotatable bonds is 7. The summed E-state index contributed by atoms with van der Waals surface area (Å²) in [6.07, 6.45) is 7.55. The van der Waals surface area contributed by atoms with E-state index in [1.807, 2.05) is 49.1 Å². The van der Waals surface area contributed by atoms with Crippen LogP contribution in [0.5, 0.6) is 0 Å². The number of amides is 2. The van der Waals surface area contributed by atoms with Crippen LogP contribution >= 0.6 is 45.8 Å². The van der Waals surface area contributed by atoms with Crippen LogP contribution in [0.15, 0.2) is 78.2 Å². The molecular weight excluding hydrogens is 902 g/mol. The van der Waals surface area contributed by atoms with Crippen molar-refractivity contribution in [1.82, 2.24) is 39.3 Å². The summed E-state index contributed by atoms with van der Waals surface area (Å²) in [5.74, 6) is 0.00564. The molecule has 0 bridgehead atoms. The third kappa shape index (κ3) is 9.13. The van der Waals surface area contributed by atoms with Gasteiger partial charge in [-0.15, -0.1) is 0 Å². The molecule has 298 valence electrons. The maximum Gasteiger partial charge on any atom is 0.244 e. The van der Waals surface area contributed by atoms with Crippen molar-refractivity contribution in [2.75, 3.05) is 68.4 Å². The Morgan fingerprint density at radius 1 is 0.667 bits per heavy atom. The van der Waals surface area contributed by atoms with Crippen molar-refractivity contribution >= 4 is 101 Å². The summed E-state index contributed by atoms with van der Waals surface area (Å²) >= 11 is 14.5. The third-order valence-electron chi connectivity index (χ3n) is 10.2. The van der Waals surface area contributed by atoms with E-state index in [9.17, 15) is 18.0 Å². The highest BCUT2D eigenvalue weighted by Crippen LogP contribution is 2.26. The Morgan fingerprint density at radius 2 is 1.11 bits per heavy atom. The van der Waals surface area contributed by atoms with Crippen LogP contribution in [0, 0.1) is 17.4 Å². The molecule has 0 N–H and O–H groups in total. The minimum Gasteiger partial charge on any atom is -0.368 e. The maximum atomic E-state index is 12.8. The molecule has 6 heterocycles. The predicted molar refractivity (Wildman–Crippen MR) is 231 cm³/mol. The smallest absolute Gasteiger partial charge is 0.244 e. The second-order valence-corrected chi connectivity index (χ2v) is 18.0. The highest BCUT2D eigenvalue weighted by molar-refractivity contribution is 14.1. The van der Waals surface area contributed by atoms with E-state index < -0.39 is 9.84 Å². The number of sulfone groups is 1. The van der Waals surface area contributed by atoms with Crippen LogP contribution in [-0.4, -0.2) is 118 Å². The van der Waals surface area contributed by atoms with Crippen LogP contribution in [-0.2, 0) is 32.5 Å². The first-order valence-electron chi connectivity index (χ1n) is 18.3. The summed E-state index contributed by atoms with van der Waals surface area (Å²) in [4.78, 5) is 42.5. The highest BCUT2D eigenvalue weighted by Gasteiger charge is 2.25. The average molecular weight is 944 g/mol. The van der Waals surface area contributed by atoms with Gasteiger partial charge in [0.25, 0.3) is 0 Å². The van der Waals surface area contributed by atoms with Crippen molar-refractivity contribution in [3.63, 3.8) is 0 Å². The molecule has 8 rings (SSSR count). The van der Waals surface area contributed by atoms with Gasteiger partial charge in [0.2, 0.25) is 11.8 Å². The average Bonchev–Trinajstić information content (AvgIpc) is 3.81. The number of nitrogens with zero attached hydrogens (tertiary/aromatic N) is 10. The van der Waals surface area contributed by atoms with Crippen LogP contribution < -0.4 is 9.80 Å². The number of halogens is 3. The molecule has 4 aromatic heterocycles. The molecule has 6 aromatic rings. The van der Waals surface area contributed by atoms with Gasteiger partial charge in [-0.2, -0.15) is 10.2 Å². The molecular formula is C39H41Cl2IN10O4S. The van der Waals surface area contributed by atoms with Gasteiger partial charge in [-0.3, -0.25) is 9.59 Å². The number of fused-ring (bicyclic) bond motifs is 2. The van der Waals surface area contributed by atoms with E-state index >= 15 is 0 Å². The Bertz CT molecular complexity index is 2570. The van der Waals surface area contributed by atoms with Crippen molar-refractivity contribution in [1.29, 1.82) is 0 Å². The minimum atomic E-state index is -3.41. The fourth-order valence-corrected chi connectivity index (χ4v) is 8.62. The Morgan fingerprint density at radius 3 is 1.56 bits per heavy atom. The Kier molecular flexibility index (Phi) is 12.2.